The fourth-order valence-electron chi connectivity index (χ4n) is 3.33. The van der Waals surface area contributed by atoms with Gasteiger partial charge in [-0.15, -0.1) is 0 Å². The third kappa shape index (κ3) is 4.84. The highest BCUT2D eigenvalue weighted by Crippen LogP contribution is 2.39. The van der Waals surface area contributed by atoms with E-state index >= 15 is 0 Å². The number of imidazole rings is 1. The molecule has 12 nitrogen and oxygen atoms in total. The van der Waals surface area contributed by atoms with Gasteiger partial charge in [-0.05, 0) is 17.7 Å². The van der Waals surface area contributed by atoms with Crippen molar-refractivity contribution >= 4 is 24.8 Å². The predicted octanol–water partition coefficient (Wildman–Crippen LogP) is 0.584. The summed E-state index contributed by atoms with van der Waals surface area (Å²) >= 11 is 0. The zero-order valence-electron chi connectivity index (χ0n) is 16.4. The minimum Gasteiger partial charge on any atom is -0.387 e. The Morgan fingerprint density at radius 3 is 2.48 bits per heavy atom. The largest absolute Gasteiger partial charge is 0.469 e. The normalized spacial score (nSPS) is 23.4. The van der Waals surface area contributed by atoms with Gasteiger partial charge < -0.3 is 30.1 Å². The number of nitrogens with one attached hydrogen (secondary N) is 1. The van der Waals surface area contributed by atoms with Crippen LogP contribution < -0.4 is 5.32 Å². The van der Waals surface area contributed by atoms with Gasteiger partial charge in [-0.2, -0.15) is 0 Å². The number of anilines is 1. The number of benzene rings is 1. The second-order valence-electron chi connectivity index (χ2n) is 7.11. The smallest absolute Gasteiger partial charge is 0.387 e. The Hall–Kier alpha value is -2.65. The number of aliphatic hydroxyl groups is 2. The number of phosphoric acid groups is 1. The van der Waals surface area contributed by atoms with Gasteiger partial charge in [0.05, 0.1) is 12.9 Å². The molecule has 1 fully saturated rings. The average Bonchev–Trinajstić information content (AvgIpc) is 3.30. The van der Waals surface area contributed by atoms with Gasteiger partial charge in [0.15, 0.2) is 40.7 Å². The van der Waals surface area contributed by atoms with Gasteiger partial charge in [-0.3, -0.25) is 9.09 Å². The Balaban J connectivity index is 1.54. The molecule has 0 radical (unpaired) electrons. The third-order valence-corrected chi connectivity index (χ3v) is 5.37. The molecule has 178 valence electrons. The van der Waals surface area contributed by atoms with Crippen LogP contribution in [0.1, 0.15) is 11.8 Å². The van der Waals surface area contributed by atoms with Crippen molar-refractivity contribution in [2.45, 2.75) is 31.1 Å². The first-order chi connectivity index (χ1) is 15.5. The minimum absolute atomic E-state index is 0.100. The van der Waals surface area contributed by atoms with Crippen LogP contribution in [0.2, 0.25) is 0 Å². The Kier molecular flexibility index (Phi) is 6.37. The standard InChI is InChI=1S/C17H17F3N5O7P/c18-8-1-7(2-9(19)11(8)20)3-21-15-12-16(23-5-22-15)25(6-24-12)17-14(27)13(26)10(32-17)4-31-33(28,29)30/h1-2,5-6,10,13-14,17,26-27H,3-4H2,(H,21,22,23)(H2,28,29,30)/t10-,13-,14-,17-/m1/s1. The third-order valence-electron chi connectivity index (χ3n) is 4.88. The molecule has 4 rings (SSSR count). The van der Waals surface area contributed by atoms with Crippen LogP contribution in [0.4, 0.5) is 19.0 Å². The summed E-state index contributed by atoms with van der Waals surface area (Å²) in [5.41, 5.74) is 0.431. The van der Waals surface area contributed by atoms with Crippen molar-refractivity contribution in [1.82, 2.24) is 19.5 Å². The van der Waals surface area contributed by atoms with Gasteiger partial charge in [0.25, 0.3) is 0 Å². The first kappa shape index (κ1) is 23.5. The molecule has 0 saturated carbocycles. The van der Waals surface area contributed by atoms with Gasteiger partial charge in [-0.25, -0.2) is 32.7 Å². The summed E-state index contributed by atoms with van der Waals surface area (Å²) in [7, 11) is -4.82. The summed E-state index contributed by atoms with van der Waals surface area (Å²) in [5, 5.41) is 23.3. The molecule has 3 aromatic rings. The van der Waals surface area contributed by atoms with E-state index in [9.17, 15) is 27.9 Å². The van der Waals surface area contributed by atoms with Crippen molar-refractivity contribution in [2.75, 3.05) is 11.9 Å². The van der Waals surface area contributed by atoms with E-state index in [2.05, 4.69) is 24.8 Å². The van der Waals surface area contributed by atoms with E-state index in [1.54, 1.807) is 0 Å². The van der Waals surface area contributed by atoms with E-state index in [0.717, 1.165) is 18.5 Å². The highest BCUT2D eigenvalue weighted by Gasteiger charge is 2.45. The molecule has 3 heterocycles. The predicted molar refractivity (Wildman–Crippen MR) is 103 cm³/mol. The number of ether oxygens (including phenoxy) is 1. The van der Waals surface area contributed by atoms with Gasteiger partial charge in [0.1, 0.15) is 24.6 Å². The van der Waals surface area contributed by atoms with Crippen LogP contribution in [0.25, 0.3) is 11.2 Å². The van der Waals surface area contributed by atoms with E-state index in [1.165, 1.54) is 10.9 Å². The average molecular weight is 491 g/mol. The van der Waals surface area contributed by atoms with Crippen LogP contribution in [0.5, 0.6) is 0 Å². The van der Waals surface area contributed by atoms with E-state index < -0.39 is 56.4 Å². The Morgan fingerprint density at radius 1 is 1.12 bits per heavy atom. The van der Waals surface area contributed by atoms with Gasteiger partial charge in [0, 0.05) is 6.54 Å². The molecule has 1 aromatic carbocycles. The first-order valence-electron chi connectivity index (χ1n) is 9.31. The zero-order chi connectivity index (χ0) is 23.9. The fraction of sp³-hybridized carbons (Fsp3) is 0.353. The molecule has 1 saturated heterocycles. The van der Waals surface area contributed by atoms with Crippen molar-refractivity contribution in [3.8, 4) is 0 Å². The topological polar surface area (TPSA) is 172 Å². The molecule has 4 atom stereocenters. The van der Waals surface area contributed by atoms with Crippen LogP contribution in [-0.2, 0) is 20.4 Å². The lowest BCUT2D eigenvalue weighted by Crippen LogP contribution is -2.33. The maximum absolute atomic E-state index is 13.4. The maximum Gasteiger partial charge on any atom is 0.469 e. The molecule has 16 heteroatoms. The summed E-state index contributed by atoms with van der Waals surface area (Å²) in [5.74, 6) is -4.11. The van der Waals surface area contributed by atoms with Crippen LogP contribution in [0, 0.1) is 17.5 Å². The molecule has 2 aromatic heterocycles. The number of rotatable bonds is 7. The highest BCUT2D eigenvalue weighted by molar-refractivity contribution is 7.46. The summed E-state index contributed by atoms with van der Waals surface area (Å²) in [6, 6.07) is 1.65. The zero-order valence-corrected chi connectivity index (χ0v) is 17.3. The molecule has 0 aliphatic carbocycles. The van der Waals surface area contributed by atoms with Gasteiger partial charge >= 0.3 is 7.82 Å². The lowest BCUT2D eigenvalue weighted by Gasteiger charge is -2.16. The number of hydrogen-bond acceptors (Lipinski definition) is 9. The number of fused-ring (bicyclic) bond motifs is 1. The second-order valence-corrected chi connectivity index (χ2v) is 8.35. The van der Waals surface area contributed by atoms with Crippen molar-refractivity contribution in [2.24, 2.45) is 0 Å². The van der Waals surface area contributed by atoms with Crippen LogP contribution in [0.15, 0.2) is 24.8 Å². The second kappa shape index (κ2) is 8.95. The van der Waals surface area contributed by atoms with Crippen LogP contribution in [0.3, 0.4) is 0 Å². The van der Waals surface area contributed by atoms with Crippen molar-refractivity contribution in [1.29, 1.82) is 0 Å². The SMILES string of the molecule is O=P(O)(O)OC[C@H]1O[C@@H](n2cnc3c(NCc4cc(F)c(F)c(F)c4)ncnc32)[C@H](O)[C@@H]1O. The number of aromatic nitrogens is 4. The number of halogens is 3. The Morgan fingerprint density at radius 2 is 1.82 bits per heavy atom. The number of hydrogen-bond donors (Lipinski definition) is 5. The van der Waals surface area contributed by atoms with Gasteiger partial charge in [0.2, 0.25) is 0 Å². The highest BCUT2D eigenvalue weighted by atomic mass is 31.2. The molecule has 5 N–H and O–H groups in total. The molecule has 33 heavy (non-hydrogen) atoms. The summed E-state index contributed by atoms with van der Waals surface area (Å²) in [6.45, 7) is -0.811. The quantitative estimate of drug-likeness (QED) is 0.231. The van der Waals surface area contributed by atoms with E-state index in [0.29, 0.717) is 0 Å². The molecule has 0 bridgehead atoms. The molecule has 0 unspecified atom stereocenters. The Bertz CT molecular complexity index is 1200. The lowest BCUT2D eigenvalue weighted by molar-refractivity contribution is -0.0504. The molecule has 1 aliphatic heterocycles. The Labute approximate surface area is 182 Å². The first-order valence-corrected chi connectivity index (χ1v) is 10.8. The molecule has 0 amide bonds. The van der Waals surface area contributed by atoms with Crippen LogP contribution >= 0.6 is 7.82 Å². The fourth-order valence-corrected chi connectivity index (χ4v) is 3.67. The molecule has 1 aliphatic rings. The van der Waals surface area contributed by atoms with E-state index in [-0.39, 0.29) is 29.1 Å². The van der Waals surface area contributed by atoms with Crippen LogP contribution in [-0.4, -0.2) is 64.4 Å². The maximum atomic E-state index is 13.4. The lowest BCUT2D eigenvalue weighted by atomic mass is 10.1. The van der Waals surface area contributed by atoms with E-state index in [1.807, 2.05) is 0 Å². The summed E-state index contributed by atoms with van der Waals surface area (Å²) < 4.78 is 62.0. The number of nitrogens with zero attached hydrogens (tertiary/aromatic N) is 4. The van der Waals surface area contributed by atoms with E-state index in [4.69, 9.17) is 14.5 Å². The summed E-state index contributed by atoms with van der Waals surface area (Å²) in [6.07, 6.45) is -3.14. The van der Waals surface area contributed by atoms with Crippen molar-refractivity contribution in [3.05, 3.63) is 47.8 Å². The van der Waals surface area contributed by atoms with Gasteiger partial charge in [-0.1, -0.05) is 0 Å². The number of phosphoric ester groups is 1. The van der Waals surface area contributed by atoms with Crippen molar-refractivity contribution < 1.29 is 47.0 Å². The molecule has 0 spiro atoms. The number of aliphatic hydroxyl groups excluding tert-OH is 2. The molecular formula is C17H17F3N5O7P. The van der Waals surface area contributed by atoms with Crippen molar-refractivity contribution in [3.63, 3.8) is 0 Å². The molecular weight excluding hydrogens is 474 g/mol. The summed E-state index contributed by atoms with van der Waals surface area (Å²) in [4.78, 5) is 29.8. The monoisotopic (exact) mass is 491 g/mol. The minimum atomic E-state index is -4.82.